The van der Waals surface area contributed by atoms with Crippen LogP contribution >= 0.6 is 0 Å². The van der Waals surface area contributed by atoms with Crippen LogP contribution in [0.2, 0.25) is 0 Å². The van der Waals surface area contributed by atoms with Crippen molar-refractivity contribution in [2.75, 3.05) is 10.6 Å². The number of phenolic OH excluding ortho intramolecular Hbond substituents is 1. The summed E-state index contributed by atoms with van der Waals surface area (Å²) in [6.07, 6.45) is 3.24. The van der Waals surface area contributed by atoms with Gasteiger partial charge in [-0.05, 0) is 47.7 Å². The van der Waals surface area contributed by atoms with Crippen molar-refractivity contribution in [3.8, 4) is 17.1 Å². The number of fused-ring (bicyclic) bond motifs is 1. The first kappa shape index (κ1) is 23.3. The number of allylic oxidation sites excluding steroid dienone is 1. The molecular weight excluding hydrogens is 452 g/mol. The van der Waals surface area contributed by atoms with E-state index >= 15 is 0 Å². The lowest BCUT2D eigenvalue weighted by atomic mass is 9.87. The Morgan fingerprint density at radius 2 is 1.86 bits per heavy atom. The van der Waals surface area contributed by atoms with Crippen LogP contribution in [0.25, 0.3) is 11.4 Å². The highest BCUT2D eigenvalue weighted by molar-refractivity contribution is 6.06. The number of nitrogens with one attached hydrogen (secondary N) is 2. The molecule has 8 nitrogen and oxygen atoms in total. The molecule has 0 aliphatic carbocycles. The molecule has 1 unspecified atom stereocenters. The molecule has 1 aliphatic rings. The van der Waals surface area contributed by atoms with Crippen LogP contribution in [0.1, 0.15) is 44.9 Å². The van der Waals surface area contributed by atoms with Gasteiger partial charge in [-0.1, -0.05) is 57.2 Å². The number of amides is 1. The number of carbonyl (C=O) groups is 1. The van der Waals surface area contributed by atoms with Crippen LogP contribution in [0.5, 0.6) is 5.75 Å². The van der Waals surface area contributed by atoms with Gasteiger partial charge in [-0.15, -0.1) is 5.10 Å². The lowest BCUT2D eigenvalue weighted by Gasteiger charge is -2.28. The lowest BCUT2D eigenvalue weighted by molar-refractivity contribution is -0.113. The first-order chi connectivity index (χ1) is 17.2. The van der Waals surface area contributed by atoms with Gasteiger partial charge in [0.15, 0.2) is 5.82 Å². The molecule has 4 aromatic rings. The summed E-state index contributed by atoms with van der Waals surface area (Å²) in [4.78, 5) is 22.3. The van der Waals surface area contributed by atoms with Crippen LogP contribution in [0.15, 0.2) is 84.3 Å². The molecular formula is C28H28N6O2. The zero-order valence-electron chi connectivity index (χ0n) is 20.6. The largest absolute Gasteiger partial charge is 0.508 e. The summed E-state index contributed by atoms with van der Waals surface area (Å²) in [5.41, 5.74) is 4.56. The number of aromatic nitrogens is 4. The zero-order valence-corrected chi connectivity index (χ0v) is 20.6. The second kappa shape index (κ2) is 8.96. The summed E-state index contributed by atoms with van der Waals surface area (Å²) in [7, 11) is 0. The van der Waals surface area contributed by atoms with Gasteiger partial charge in [0.1, 0.15) is 11.8 Å². The molecule has 0 saturated heterocycles. The third-order valence-electron chi connectivity index (χ3n) is 6.21. The first-order valence-corrected chi connectivity index (χ1v) is 11.8. The molecule has 36 heavy (non-hydrogen) atoms. The average Bonchev–Trinajstić information content (AvgIpc) is 3.27. The number of hydrogen-bond donors (Lipinski definition) is 3. The molecule has 0 radical (unpaired) electrons. The number of nitrogens with zero attached hydrogens (tertiary/aromatic N) is 4. The minimum atomic E-state index is -0.597. The van der Waals surface area contributed by atoms with Gasteiger partial charge in [-0.2, -0.15) is 4.98 Å². The van der Waals surface area contributed by atoms with Crippen molar-refractivity contribution < 1.29 is 9.90 Å². The van der Waals surface area contributed by atoms with E-state index in [0.717, 1.165) is 5.56 Å². The summed E-state index contributed by atoms with van der Waals surface area (Å²) in [6, 6.07) is 18.0. The van der Waals surface area contributed by atoms with E-state index in [4.69, 9.17) is 10.1 Å². The third kappa shape index (κ3) is 4.45. The average molecular weight is 481 g/mol. The Bertz CT molecular complexity index is 1450. The number of aromatic hydroxyl groups is 1. The molecule has 2 aromatic heterocycles. The summed E-state index contributed by atoms with van der Waals surface area (Å²) >= 11 is 0. The Balaban J connectivity index is 1.57. The SMILES string of the molecule is CC1=C(C(=O)Nc2cccnc2)C(c2cccc(O)c2)n2nc(-c3ccc(C(C)(C)C)cc3)nc2N1. The van der Waals surface area contributed by atoms with Crippen LogP contribution in [-0.4, -0.2) is 30.8 Å². The smallest absolute Gasteiger partial charge is 0.255 e. The Morgan fingerprint density at radius 1 is 1.08 bits per heavy atom. The van der Waals surface area contributed by atoms with Crippen LogP contribution in [-0.2, 0) is 10.2 Å². The molecule has 0 bridgehead atoms. The molecule has 3 N–H and O–H groups in total. The van der Waals surface area contributed by atoms with Gasteiger partial charge >= 0.3 is 0 Å². The molecule has 3 heterocycles. The predicted octanol–water partition coefficient (Wildman–Crippen LogP) is 5.27. The summed E-state index contributed by atoms with van der Waals surface area (Å²) in [5, 5.41) is 21.2. The van der Waals surface area contributed by atoms with E-state index in [1.54, 1.807) is 47.4 Å². The number of phenols is 1. The van der Waals surface area contributed by atoms with Crippen molar-refractivity contribution in [2.24, 2.45) is 0 Å². The molecule has 1 aliphatic heterocycles. The van der Waals surface area contributed by atoms with Crippen molar-refractivity contribution in [1.82, 2.24) is 19.7 Å². The highest BCUT2D eigenvalue weighted by Crippen LogP contribution is 2.38. The van der Waals surface area contributed by atoms with Crippen molar-refractivity contribution in [1.29, 1.82) is 0 Å². The molecule has 1 amide bonds. The Labute approximate surface area is 209 Å². The summed E-state index contributed by atoms with van der Waals surface area (Å²) < 4.78 is 1.70. The monoisotopic (exact) mass is 480 g/mol. The van der Waals surface area contributed by atoms with Gasteiger partial charge in [-0.25, -0.2) is 4.68 Å². The fourth-order valence-electron chi connectivity index (χ4n) is 4.32. The highest BCUT2D eigenvalue weighted by atomic mass is 16.3. The Kier molecular flexibility index (Phi) is 5.80. The number of pyridine rings is 1. The normalized spacial score (nSPS) is 15.3. The summed E-state index contributed by atoms with van der Waals surface area (Å²) in [6.45, 7) is 8.35. The topological polar surface area (TPSA) is 105 Å². The molecule has 8 heteroatoms. The Morgan fingerprint density at radius 3 is 2.53 bits per heavy atom. The number of hydrogen-bond acceptors (Lipinski definition) is 6. The van der Waals surface area contributed by atoms with E-state index in [2.05, 4.69) is 48.5 Å². The number of carbonyl (C=O) groups excluding carboxylic acids is 1. The van der Waals surface area contributed by atoms with Crippen molar-refractivity contribution >= 4 is 17.5 Å². The van der Waals surface area contributed by atoms with E-state index in [9.17, 15) is 9.90 Å². The third-order valence-corrected chi connectivity index (χ3v) is 6.21. The summed E-state index contributed by atoms with van der Waals surface area (Å²) in [5.74, 6) is 0.882. The van der Waals surface area contributed by atoms with Crippen molar-refractivity contribution in [3.05, 3.63) is 95.5 Å². The molecule has 182 valence electrons. The quantitative estimate of drug-likeness (QED) is 0.368. The maximum atomic E-state index is 13.5. The van der Waals surface area contributed by atoms with Gasteiger partial charge in [0.25, 0.3) is 5.91 Å². The van der Waals surface area contributed by atoms with Gasteiger partial charge in [-0.3, -0.25) is 9.78 Å². The number of benzene rings is 2. The second-order valence-corrected chi connectivity index (χ2v) is 9.89. The predicted molar refractivity (Wildman–Crippen MR) is 140 cm³/mol. The highest BCUT2D eigenvalue weighted by Gasteiger charge is 2.34. The Hall–Kier alpha value is -4.46. The molecule has 0 fully saturated rings. The van der Waals surface area contributed by atoms with Crippen LogP contribution in [0.3, 0.4) is 0 Å². The van der Waals surface area contributed by atoms with Crippen molar-refractivity contribution in [2.45, 2.75) is 39.2 Å². The van der Waals surface area contributed by atoms with Gasteiger partial charge < -0.3 is 15.7 Å². The maximum absolute atomic E-state index is 13.5. The minimum Gasteiger partial charge on any atom is -0.508 e. The van der Waals surface area contributed by atoms with Gasteiger partial charge in [0.05, 0.1) is 17.5 Å². The standard InChI is InChI=1S/C28H28N6O2/c1-17-23(26(36)31-21-8-6-14-29-16-21)24(19-7-5-9-22(35)15-19)34-27(30-17)32-25(33-34)18-10-12-20(13-11-18)28(2,3)4/h5-16,24,35H,1-4H3,(H,31,36)(H,30,32,33). The van der Waals surface area contributed by atoms with E-state index in [1.165, 1.54) is 5.56 Å². The van der Waals surface area contributed by atoms with Crippen LogP contribution in [0.4, 0.5) is 11.6 Å². The van der Waals surface area contributed by atoms with E-state index in [0.29, 0.717) is 34.3 Å². The van der Waals surface area contributed by atoms with Gasteiger partial charge in [0.2, 0.25) is 5.95 Å². The minimum absolute atomic E-state index is 0.0406. The van der Waals surface area contributed by atoms with E-state index < -0.39 is 6.04 Å². The number of anilines is 2. The molecule has 0 saturated carbocycles. The lowest BCUT2D eigenvalue weighted by Crippen LogP contribution is -2.31. The van der Waals surface area contributed by atoms with Crippen LogP contribution < -0.4 is 10.6 Å². The van der Waals surface area contributed by atoms with Crippen molar-refractivity contribution in [3.63, 3.8) is 0 Å². The molecule has 0 spiro atoms. The van der Waals surface area contributed by atoms with Crippen LogP contribution in [0, 0.1) is 0 Å². The number of rotatable bonds is 4. The van der Waals surface area contributed by atoms with Gasteiger partial charge in [0, 0.05) is 17.5 Å². The maximum Gasteiger partial charge on any atom is 0.255 e. The second-order valence-electron chi connectivity index (χ2n) is 9.89. The fraction of sp³-hybridized carbons (Fsp3) is 0.214. The molecule has 1 atom stereocenters. The molecule has 2 aromatic carbocycles. The molecule has 5 rings (SSSR count). The first-order valence-electron chi connectivity index (χ1n) is 11.8. The fourth-order valence-corrected chi connectivity index (χ4v) is 4.32. The van der Waals surface area contributed by atoms with E-state index in [-0.39, 0.29) is 17.1 Å². The zero-order chi connectivity index (χ0) is 25.4. The van der Waals surface area contributed by atoms with E-state index in [1.807, 2.05) is 25.1 Å².